The molecule has 4 aromatic rings. The average molecular weight is 449 g/mol. The van der Waals surface area contributed by atoms with Crippen molar-refractivity contribution >= 4 is 17.5 Å². The van der Waals surface area contributed by atoms with Crippen molar-refractivity contribution in [2.75, 3.05) is 63.6 Å². The van der Waals surface area contributed by atoms with Crippen molar-refractivity contribution in [1.82, 2.24) is 39.3 Å². The summed E-state index contributed by atoms with van der Waals surface area (Å²) in [6, 6.07) is 5.55. The summed E-state index contributed by atoms with van der Waals surface area (Å²) in [6.07, 6.45) is 7.10. The zero-order chi connectivity index (χ0) is 22.6. The average Bonchev–Trinajstić information content (AvgIpc) is 3.52. The number of furan rings is 1. The Balaban J connectivity index is 1.35. The highest BCUT2D eigenvalue weighted by atomic mass is 16.3. The van der Waals surface area contributed by atoms with Crippen LogP contribution in [0.1, 0.15) is 5.56 Å². The first kappa shape index (κ1) is 21.3. The van der Waals surface area contributed by atoms with E-state index in [9.17, 15) is 0 Å². The molecule has 0 unspecified atom stereocenters. The summed E-state index contributed by atoms with van der Waals surface area (Å²) < 4.78 is 7.32. The molecule has 33 heavy (non-hydrogen) atoms. The van der Waals surface area contributed by atoms with E-state index in [-0.39, 0.29) is 0 Å². The van der Waals surface area contributed by atoms with E-state index in [0.717, 1.165) is 63.0 Å². The van der Waals surface area contributed by atoms with E-state index in [2.05, 4.69) is 40.1 Å². The molecular formula is C22H28N10O. The van der Waals surface area contributed by atoms with Crippen molar-refractivity contribution in [3.8, 4) is 11.6 Å². The van der Waals surface area contributed by atoms with Gasteiger partial charge in [0.1, 0.15) is 0 Å². The Hall–Kier alpha value is -3.57. The van der Waals surface area contributed by atoms with Gasteiger partial charge in [-0.15, -0.1) is 5.10 Å². The number of anilines is 2. The van der Waals surface area contributed by atoms with Crippen LogP contribution in [0.25, 0.3) is 17.2 Å². The maximum atomic E-state index is 5.53. The van der Waals surface area contributed by atoms with Gasteiger partial charge in [0.25, 0.3) is 0 Å². The fourth-order valence-electron chi connectivity index (χ4n) is 3.85. The number of nitrogens with zero attached hydrogens (tertiary/aromatic N) is 9. The number of rotatable bonds is 8. The predicted molar refractivity (Wildman–Crippen MR) is 125 cm³/mol. The Morgan fingerprint density at radius 3 is 2.61 bits per heavy atom. The second-order valence-electron chi connectivity index (χ2n) is 8.30. The van der Waals surface area contributed by atoms with Crippen molar-refractivity contribution < 1.29 is 4.42 Å². The minimum Gasteiger partial charge on any atom is -0.461 e. The molecule has 5 rings (SSSR count). The smallest absolute Gasteiger partial charge is 0.225 e. The van der Waals surface area contributed by atoms with E-state index in [1.165, 1.54) is 0 Å². The fraction of sp³-hybridized carbons (Fsp3) is 0.409. The van der Waals surface area contributed by atoms with Gasteiger partial charge in [-0.05, 0) is 32.3 Å². The molecule has 1 N–H and O–H groups in total. The number of piperazine rings is 1. The van der Waals surface area contributed by atoms with Crippen LogP contribution in [-0.2, 0) is 6.54 Å². The Kier molecular flexibility index (Phi) is 6.13. The van der Waals surface area contributed by atoms with E-state index >= 15 is 0 Å². The first-order valence-electron chi connectivity index (χ1n) is 11.1. The first-order chi connectivity index (χ1) is 16.2. The van der Waals surface area contributed by atoms with Gasteiger partial charge in [0.15, 0.2) is 11.4 Å². The molecule has 1 aliphatic rings. The molecule has 11 nitrogen and oxygen atoms in total. The molecule has 1 aliphatic heterocycles. The van der Waals surface area contributed by atoms with Crippen molar-refractivity contribution in [1.29, 1.82) is 0 Å². The van der Waals surface area contributed by atoms with E-state index in [0.29, 0.717) is 17.5 Å². The lowest BCUT2D eigenvalue weighted by Crippen LogP contribution is -2.46. The second-order valence-corrected chi connectivity index (χ2v) is 8.30. The molecule has 0 bridgehead atoms. The zero-order valence-electron chi connectivity index (χ0n) is 18.9. The van der Waals surface area contributed by atoms with Gasteiger partial charge >= 0.3 is 0 Å². The molecule has 5 heterocycles. The third-order valence-electron chi connectivity index (χ3n) is 5.62. The molecule has 0 amide bonds. The number of aromatic nitrogens is 6. The summed E-state index contributed by atoms with van der Waals surface area (Å²) in [4.78, 5) is 24.9. The van der Waals surface area contributed by atoms with Gasteiger partial charge in [0.05, 0.1) is 6.26 Å². The zero-order valence-corrected chi connectivity index (χ0v) is 18.9. The highest BCUT2D eigenvalue weighted by Gasteiger charge is 2.22. The molecule has 172 valence electrons. The number of fused-ring (bicyclic) bond motifs is 1. The minimum atomic E-state index is 0.552. The Morgan fingerprint density at radius 2 is 1.88 bits per heavy atom. The standard InChI is InChI=1S/C22H28N10O/c1-29(2)9-8-25-22-26-15-17(20-27-19(28-32(20)22)18-5-3-14-33-18)16-30-10-12-31(13-11-30)21-23-6-4-7-24-21/h3-7,14-15H,8-13,16H2,1-2H3,(H,25,26). The monoisotopic (exact) mass is 448 g/mol. The third kappa shape index (κ3) is 4.78. The van der Waals surface area contributed by atoms with Crippen LogP contribution in [0.4, 0.5) is 11.9 Å². The predicted octanol–water partition coefficient (Wildman–Crippen LogP) is 1.47. The molecule has 0 aromatic carbocycles. The van der Waals surface area contributed by atoms with Gasteiger partial charge in [0.2, 0.25) is 17.7 Å². The molecule has 0 saturated carbocycles. The molecule has 0 atom stereocenters. The maximum Gasteiger partial charge on any atom is 0.225 e. The highest BCUT2D eigenvalue weighted by Crippen LogP contribution is 2.22. The van der Waals surface area contributed by atoms with E-state index in [4.69, 9.17) is 9.40 Å². The van der Waals surface area contributed by atoms with Crippen molar-refractivity contribution in [2.24, 2.45) is 0 Å². The van der Waals surface area contributed by atoms with Crippen LogP contribution in [0.3, 0.4) is 0 Å². The van der Waals surface area contributed by atoms with Crippen LogP contribution in [-0.4, -0.2) is 92.7 Å². The molecule has 0 radical (unpaired) electrons. The number of nitrogens with one attached hydrogen (secondary N) is 1. The van der Waals surface area contributed by atoms with Crippen LogP contribution in [0.15, 0.2) is 47.5 Å². The lowest BCUT2D eigenvalue weighted by atomic mass is 10.2. The van der Waals surface area contributed by atoms with Gasteiger partial charge in [-0.25, -0.2) is 19.9 Å². The summed E-state index contributed by atoms with van der Waals surface area (Å²) in [5, 5.41) is 8.06. The van der Waals surface area contributed by atoms with Crippen molar-refractivity contribution in [3.05, 3.63) is 48.6 Å². The number of hydrogen-bond donors (Lipinski definition) is 1. The van der Waals surface area contributed by atoms with Gasteiger partial charge in [-0.2, -0.15) is 4.52 Å². The van der Waals surface area contributed by atoms with Crippen LogP contribution >= 0.6 is 0 Å². The Labute approximate surface area is 192 Å². The second kappa shape index (κ2) is 9.51. The molecule has 4 aromatic heterocycles. The largest absolute Gasteiger partial charge is 0.461 e. The van der Waals surface area contributed by atoms with Crippen LogP contribution < -0.4 is 10.2 Å². The molecule has 1 fully saturated rings. The van der Waals surface area contributed by atoms with E-state index in [1.54, 1.807) is 23.2 Å². The van der Waals surface area contributed by atoms with Gasteiger partial charge in [-0.1, -0.05) is 0 Å². The van der Waals surface area contributed by atoms with E-state index in [1.807, 2.05) is 38.5 Å². The van der Waals surface area contributed by atoms with E-state index < -0.39 is 0 Å². The van der Waals surface area contributed by atoms with Crippen LogP contribution in [0, 0.1) is 0 Å². The van der Waals surface area contributed by atoms with Crippen molar-refractivity contribution in [3.63, 3.8) is 0 Å². The first-order valence-corrected chi connectivity index (χ1v) is 11.1. The minimum absolute atomic E-state index is 0.552. The molecule has 0 aliphatic carbocycles. The normalized spacial score (nSPS) is 14.9. The van der Waals surface area contributed by atoms with Gasteiger partial charge < -0.3 is 19.5 Å². The van der Waals surface area contributed by atoms with Gasteiger partial charge in [-0.3, -0.25) is 4.90 Å². The summed E-state index contributed by atoms with van der Waals surface area (Å²) in [6.45, 7) is 5.96. The summed E-state index contributed by atoms with van der Waals surface area (Å²) in [5.74, 6) is 2.65. The highest BCUT2D eigenvalue weighted by molar-refractivity contribution is 5.58. The molecule has 0 spiro atoms. The lowest BCUT2D eigenvalue weighted by Gasteiger charge is -2.34. The van der Waals surface area contributed by atoms with Gasteiger partial charge in [0, 0.05) is 70.0 Å². The Morgan fingerprint density at radius 1 is 1.06 bits per heavy atom. The topological polar surface area (TPSA) is 104 Å². The molecule has 1 saturated heterocycles. The number of hydrogen-bond acceptors (Lipinski definition) is 10. The SMILES string of the molecule is CN(C)CCNc1ncc(CN2CCN(c3ncccn3)CC2)c2nc(-c3ccco3)nn12. The number of likely N-dealkylation sites (N-methyl/N-ethyl adjacent to an activating group) is 1. The summed E-state index contributed by atoms with van der Waals surface area (Å²) in [7, 11) is 4.09. The third-order valence-corrected chi connectivity index (χ3v) is 5.62. The lowest BCUT2D eigenvalue weighted by molar-refractivity contribution is 0.249. The quantitative estimate of drug-likeness (QED) is 0.426. The summed E-state index contributed by atoms with van der Waals surface area (Å²) in [5.41, 5.74) is 1.82. The maximum absolute atomic E-state index is 5.53. The van der Waals surface area contributed by atoms with Crippen LogP contribution in [0.5, 0.6) is 0 Å². The summed E-state index contributed by atoms with van der Waals surface area (Å²) >= 11 is 0. The Bertz CT molecular complexity index is 1170. The molecular weight excluding hydrogens is 420 g/mol. The van der Waals surface area contributed by atoms with Crippen molar-refractivity contribution in [2.45, 2.75) is 6.54 Å². The molecule has 11 heteroatoms. The fourth-order valence-corrected chi connectivity index (χ4v) is 3.85. The van der Waals surface area contributed by atoms with Crippen LogP contribution in [0.2, 0.25) is 0 Å².